The predicted octanol–water partition coefficient (Wildman–Crippen LogP) is 3.70. The molecule has 0 radical (unpaired) electrons. The fraction of sp³-hybridized carbons (Fsp3) is 1.00. The molecule has 2 unspecified atom stereocenters. The smallest absolute Gasteiger partial charge is 0.0701 e. The zero-order chi connectivity index (χ0) is 13.7. The molecule has 2 rings (SSSR count). The minimum Gasteiger partial charge on any atom is -0.375 e. The minimum absolute atomic E-state index is 0.231. The highest BCUT2D eigenvalue weighted by Gasteiger charge is 2.41. The van der Waals surface area contributed by atoms with Gasteiger partial charge in [0.15, 0.2) is 0 Å². The summed E-state index contributed by atoms with van der Waals surface area (Å²) in [7, 11) is 0. The van der Waals surface area contributed by atoms with Crippen LogP contribution >= 0.6 is 11.8 Å². The Labute approximate surface area is 123 Å². The topological polar surface area (TPSA) is 21.3 Å². The van der Waals surface area contributed by atoms with Crippen molar-refractivity contribution in [3.05, 3.63) is 0 Å². The van der Waals surface area contributed by atoms with E-state index in [-0.39, 0.29) is 5.60 Å². The quantitative estimate of drug-likeness (QED) is 0.832. The van der Waals surface area contributed by atoms with Crippen molar-refractivity contribution in [3.8, 4) is 0 Å². The molecule has 0 saturated carbocycles. The van der Waals surface area contributed by atoms with Gasteiger partial charge in [0.05, 0.1) is 5.60 Å². The second-order valence-corrected chi connectivity index (χ2v) is 7.85. The summed E-state index contributed by atoms with van der Waals surface area (Å²) in [5, 5.41) is 3.80. The van der Waals surface area contributed by atoms with Gasteiger partial charge in [0.25, 0.3) is 0 Å². The Morgan fingerprint density at radius 3 is 2.68 bits per heavy atom. The number of hydrogen-bond donors (Lipinski definition) is 1. The van der Waals surface area contributed by atoms with Gasteiger partial charge in [0, 0.05) is 12.6 Å². The summed E-state index contributed by atoms with van der Waals surface area (Å²) in [6, 6.07) is 0.676. The molecule has 0 bridgehead atoms. The van der Waals surface area contributed by atoms with Gasteiger partial charge >= 0.3 is 0 Å². The van der Waals surface area contributed by atoms with Gasteiger partial charge in [-0.15, -0.1) is 0 Å². The Kier molecular flexibility index (Phi) is 6.04. The van der Waals surface area contributed by atoms with Crippen molar-refractivity contribution >= 4 is 11.8 Å². The third kappa shape index (κ3) is 4.12. The van der Waals surface area contributed by atoms with Crippen molar-refractivity contribution in [2.75, 3.05) is 24.7 Å². The molecule has 0 aromatic heterocycles. The van der Waals surface area contributed by atoms with E-state index in [1.807, 2.05) is 0 Å². The molecule has 0 aromatic rings. The molecule has 0 aliphatic carbocycles. The van der Waals surface area contributed by atoms with Crippen molar-refractivity contribution < 1.29 is 4.74 Å². The average molecular weight is 285 g/mol. The van der Waals surface area contributed by atoms with Crippen molar-refractivity contribution in [1.29, 1.82) is 0 Å². The molecule has 2 fully saturated rings. The van der Waals surface area contributed by atoms with Gasteiger partial charge in [0.1, 0.15) is 0 Å². The van der Waals surface area contributed by atoms with Gasteiger partial charge in [-0.1, -0.05) is 20.8 Å². The summed E-state index contributed by atoms with van der Waals surface area (Å²) in [5.41, 5.74) is 0.231. The molecule has 0 aromatic carbocycles. The van der Waals surface area contributed by atoms with Crippen LogP contribution in [0.2, 0.25) is 0 Å². The molecular formula is C16H31NOS. The fourth-order valence-corrected chi connectivity index (χ4v) is 4.96. The lowest BCUT2D eigenvalue weighted by atomic mass is 9.76. The van der Waals surface area contributed by atoms with Gasteiger partial charge in [-0.25, -0.2) is 0 Å². The first-order valence-corrected chi connectivity index (χ1v) is 9.27. The second kappa shape index (κ2) is 7.33. The molecule has 1 spiro atoms. The van der Waals surface area contributed by atoms with Crippen LogP contribution in [0.3, 0.4) is 0 Å². The maximum absolute atomic E-state index is 6.23. The predicted molar refractivity (Wildman–Crippen MR) is 84.9 cm³/mol. The van der Waals surface area contributed by atoms with Gasteiger partial charge in [-0.3, -0.25) is 0 Å². The number of hydrogen-bond acceptors (Lipinski definition) is 3. The molecule has 0 amide bonds. The van der Waals surface area contributed by atoms with Crippen LogP contribution < -0.4 is 5.32 Å². The van der Waals surface area contributed by atoms with Crippen LogP contribution in [0.1, 0.15) is 52.9 Å². The van der Waals surface area contributed by atoms with E-state index in [0.29, 0.717) is 6.04 Å². The number of rotatable bonds is 5. The first-order valence-electron chi connectivity index (χ1n) is 8.12. The lowest BCUT2D eigenvalue weighted by Crippen LogP contribution is -2.50. The van der Waals surface area contributed by atoms with Gasteiger partial charge in [-0.05, 0) is 62.0 Å². The lowest BCUT2D eigenvalue weighted by molar-refractivity contribution is -0.109. The van der Waals surface area contributed by atoms with Crippen LogP contribution in [-0.4, -0.2) is 36.3 Å². The first kappa shape index (κ1) is 15.7. The molecule has 2 atom stereocenters. The van der Waals surface area contributed by atoms with Gasteiger partial charge in [0.2, 0.25) is 0 Å². The SMILES string of the molecule is CCCNC(C(C)C)C1CCOC2(CCSCC2)C1. The monoisotopic (exact) mass is 285 g/mol. The van der Waals surface area contributed by atoms with Crippen LogP contribution in [0.4, 0.5) is 0 Å². The van der Waals surface area contributed by atoms with Crippen molar-refractivity contribution in [2.24, 2.45) is 11.8 Å². The van der Waals surface area contributed by atoms with Gasteiger partial charge in [-0.2, -0.15) is 11.8 Å². The normalized spacial score (nSPS) is 28.7. The van der Waals surface area contributed by atoms with Crippen molar-refractivity contribution in [1.82, 2.24) is 5.32 Å². The van der Waals surface area contributed by atoms with Gasteiger partial charge < -0.3 is 10.1 Å². The van der Waals surface area contributed by atoms with E-state index >= 15 is 0 Å². The van der Waals surface area contributed by atoms with Crippen LogP contribution in [0.15, 0.2) is 0 Å². The fourth-order valence-electron chi connectivity index (χ4n) is 3.72. The summed E-state index contributed by atoms with van der Waals surface area (Å²) < 4.78 is 6.23. The van der Waals surface area contributed by atoms with Crippen LogP contribution in [0, 0.1) is 11.8 Å². The zero-order valence-corrected chi connectivity index (χ0v) is 13.7. The largest absolute Gasteiger partial charge is 0.375 e. The number of ether oxygens (including phenoxy) is 1. The van der Waals surface area contributed by atoms with E-state index < -0.39 is 0 Å². The van der Waals surface area contributed by atoms with Crippen LogP contribution in [0.25, 0.3) is 0 Å². The summed E-state index contributed by atoms with van der Waals surface area (Å²) in [6.45, 7) is 9.13. The number of nitrogens with one attached hydrogen (secondary N) is 1. The molecule has 2 aliphatic rings. The highest BCUT2D eigenvalue weighted by Crippen LogP contribution is 2.41. The molecular weight excluding hydrogens is 254 g/mol. The standard InChI is InChI=1S/C16H31NOS/c1-4-8-17-15(13(2)3)14-5-9-18-16(12-14)6-10-19-11-7-16/h13-15,17H,4-12H2,1-3H3. The summed E-state index contributed by atoms with van der Waals surface area (Å²) in [5.74, 6) is 4.12. The van der Waals surface area contributed by atoms with Crippen molar-refractivity contribution in [2.45, 2.75) is 64.5 Å². The third-order valence-corrected chi connectivity index (χ3v) is 5.78. The molecule has 112 valence electrons. The summed E-state index contributed by atoms with van der Waals surface area (Å²) >= 11 is 2.10. The Balaban J connectivity index is 1.97. The van der Waals surface area contributed by atoms with Crippen LogP contribution in [0.5, 0.6) is 0 Å². The Morgan fingerprint density at radius 1 is 1.32 bits per heavy atom. The lowest BCUT2D eigenvalue weighted by Gasteiger charge is -2.46. The highest BCUT2D eigenvalue weighted by molar-refractivity contribution is 7.99. The maximum atomic E-state index is 6.23. The zero-order valence-electron chi connectivity index (χ0n) is 12.9. The Morgan fingerprint density at radius 2 is 2.05 bits per heavy atom. The Bertz CT molecular complexity index is 258. The molecule has 1 N–H and O–H groups in total. The van der Waals surface area contributed by atoms with Crippen molar-refractivity contribution in [3.63, 3.8) is 0 Å². The van der Waals surface area contributed by atoms with E-state index in [2.05, 4.69) is 37.8 Å². The van der Waals surface area contributed by atoms with Crippen LogP contribution in [-0.2, 0) is 4.74 Å². The highest BCUT2D eigenvalue weighted by atomic mass is 32.2. The van der Waals surface area contributed by atoms with E-state index in [1.54, 1.807) is 0 Å². The molecule has 2 saturated heterocycles. The van der Waals surface area contributed by atoms with E-state index in [4.69, 9.17) is 4.74 Å². The van der Waals surface area contributed by atoms with E-state index in [9.17, 15) is 0 Å². The van der Waals surface area contributed by atoms with E-state index in [1.165, 1.54) is 43.6 Å². The Hall–Kier alpha value is 0.270. The number of thioether (sulfide) groups is 1. The summed E-state index contributed by atoms with van der Waals surface area (Å²) in [6.07, 6.45) is 6.30. The maximum Gasteiger partial charge on any atom is 0.0701 e. The molecule has 2 aliphatic heterocycles. The summed E-state index contributed by atoms with van der Waals surface area (Å²) in [4.78, 5) is 0. The minimum atomic E-state index is 0.231. The third-order valence-electron chi connectivity index (χ3n) is 4.79. The molecule has 3 heteroatoms. The molecule has 2 heterocycles. The second-order valence-electron chi connectivity index (χ2n) is 6.62. The molecule has 19 heavy (non-hydrogen) atoms. The molecule has 2 nitrogen and oxygen atoms in total. The average Bonchev–Trinajstić information content (AvgIpc) is 2.40. The first-order chi connectivity index (χ1) is 9.17. The van der Waals surface area contributed by atoms with E-state index in [0.717, 1.165) is 25.0 Å².